The van der Waals surface area contributed by atoms with Crippen molar-refractivity contribution in [2.75, 3.05) is 19.7 Å². The molecule has 0 amide bonds. The average Bonchev–Trinajstić information content (AvgIpc) is 2.33. The van der Waals surface area contributed by atoms with Gasteiger partial charge in [-0.15, -0.1) is 0 Å². The van der Waals surface area contributed by atoms with Crippen LogP contribution in [0.25, 0.3) is 0 Å². The average molecular weight is 159 g/mol. The van der Waals surface area contributed by atoms with Gasteiger partial charge >= 0.3 is 0 Å². The number of likely N-dealkylation sites (tertiary alicyclic amines) is 1. The zero-order chi connectivity index (χ0) is 8.27. The third kappa shape index (κ3) is 1.92. The highest BCUT2D eigenvalue weighted by Crippen LogP contribution is 2.17. The Hall–Kier alpha value is -0.120. The van der Waals surface area contributed by atoms with Crippen LogP contribution in [0.15, 0.2) is 0 Å². The van der Waals surface area contributed by atoms with E-state index in [1.807, 2.05) is 0 Å². The van der Waals surface area contributed by atoms with E-state index in [-0.39, 0.29) is 18.8 Å². The van der Waals surface area contributed by atoms with Gasteiger partial charge in [-0.25, -0.2) is 0 Å². The second-order valence-corrected chi connectivity index (χ2v) is 3.14. The summed E-state index contributed by atoms with van der Waals surface area (Å²) >= 11 is 0. The third-order valence-corrected chi connectivity index (χ3v) is 2.32. The molecule has 1 rings (SSSR count). The van der Waals surface area contributed by atoms with E-state index in [0.717, 1.165) is 25.9 Å². The molecule has 0 aliphatic carbocycles. The molecule has 1 heterocycles. The molecule has 2 N–H and O–H groups in total. The van der Waals surface area contributed by atoms with Crippen molar-refractivity contribution in [1.29, 1.82) is 0 Å². The fraction of sp³-hybridized carbons (Fsp3) is 1.00. The van der Waals surface area contributed by atoms with E-state index in [1.165, 1.54) is 0 Å². The minimum absolute atomic E-state index is 0.00468. The summed E-state index contributed by atoms with van der Waals surface area (Å²) in [5.41, 5.74) is 0. The summed E-state index contributed by atoms with van der Waals surface area (Å²) < 4.78 is 0. The molecule has 66 valence electrons. The lowest BCUT2D eigenvalue weighted by molar-refractivity contribution is 0.0715. The van der Waals surface area contributed by atoms with E-state index in [1.54, 1.807) is 0 Å². The highest BCUT2D eigenvalue weighted by Gasteiger charge is 2.30. The lowest BCUT2D eigenvalue weighted by atomic mass is 10.2. The van der Waals surface area contributed by atoms with Crippen LogP contribution in [0.1, 0.15) is 19.8 Å². The fourth-order valence-electron chi connectivity index (χ4n) is 1.70. The smallest absolute Gasteiger partial charge is 0.0729 e. The lowest BCUT2D eigenvalue weighted by Gasteiger charge is -2.23. The summed E-state index contributed by atoms with van der Waals surface area (Å²) in [7, 11) is 0. The second-order valence-electron chi connectivity index (χ2n) is 3.14. The Morgan fingerprint density at radius 2 is 2.27 bits per heavy atom. The lowest BCUT2D eigenvalue weighted by Crippen LogP contribution is -2.38. The van der Waals surface area contributed by atoms with E-state index in [0.29, 0.717) is 0 Å². The third-order valence-electron chi connectivity index (χ3n) is 2.32. The Balaban J connectivity index is 2.40. The molecule has 0 bridgehead atoms. The molecule has 0 radical (unpaired) electrons. The summed E-state index contributed by atoms with van der Waals surface area (Å²) in [5, 5.41) is 18.3. The van der Waals surface area contributed by atoms with Crippen molar-refractivity contribution < 1.29 is 10.2 Å². The SMILES string of the molecule is CCCN1CC[C@@H](O)[C@H]1CO. The normalized spacial score (nSPS) is 33.0. The van der Waals surface area contributed by atoms with Gasteiger partial charge in [0.15, 0.2) is 0 Å². The van der Waals surface area contributed by atoms with Crippen LogP contribution in [0, 0.1) is 0 Å². The summed E-state index contributed by atoms with van der Waals surface area (Å²) in [6, 6.07) is -0.00468. The van der Waals surface area contributed by atoms with Crippen molar-refractivity contribution in [2.45, 2.75) is 31.9 Å². The van der Waals surface area contributed by atoms with Gasteiger partial charge in [-0.2, -0.15) is 0 Å². The molecule has 3 nitrogen and oxygen atoms in total. The molecule has 3 heteroatoms. The van der Waals surface area contributed by atoms with Crippen LogP contribution in [0.3, 0.4) is 0 Å². The maximum atomic E-state index is 9.38. The molecule has 1 fully saturated rings. The molecule has 2 atom stereocenters. The number of nitrogens with zero attached hydrogens (tertiary/aromatic N) is 1. The van der Waals surface area contributed by atoms with Crippen LogP contribution >= 0.6 is 0 Å². The van der Waals surface area contributed by atoms with Crippen LogP contribution in [-0.2, 0) is 0 Å². The zero-order valence-corrected chi connectivity index (χ0v) is 7.03. The van der Waals surface area contributed by atoms with Gasteiger partial charge in [0, 0.05) is 6.54 Å². The van der Waals surface area contributed by atoms with Crippen LogP contribution in [-0.4, -0.2) is 47.0 Å². The first-order valence-corrected chi connectivity index (χ1v) is 4.32. The number of aliphatic hydroxyl groups is 2. The van der Waals surface area contributed by atoms with Crippen LogP contribution in [0.5, 0.6) is 0 Å². The highest BCUT2D eigenvalue weighted by molar-refractivity contribution is 4.85. The van der Waals surface area contributed by atoms with Gasteiger partial charge in [-0.1, -0.05) is 6.92 Å². The molecule has 1 saturated heterocycles. The predicted molar refractivity (Wildman–Crippen MR) is 43.4 cm³/mol. The molecule has 0 aromatic rings. The van der Waals surface area contributed by atoms with Crippen molar-refractivity contribution >= 4 is 0 Å². The summed E-state index contributed by atoms with van der Waals surface area (Å²) in [4.78, 5) is 2.16. The summed E-state index contributed by atoms with van der Waals surface area (Å²) in [5.74, 6) is 0. The number of aliphatic hydroxyl groups excluding tert-OH is 2. The molecule has 0 aromatic heterocycles. The Labute approximate surface area is 67.6 Å². The standard InChI is InChI=1S/C8H17NO2/c1-2-4-9-5-3-8(11)7(9)6-10/h7-8,10-11H,2-6H2,1H3/t7-,8-/m1/s1. The van der Waals surface area contributed by atoms with Gasteiger partial charge in [0.1, 0.15) is 0 Å². The van der Waals surface area contributed by atoms with E-state index in [2.05, 4.69) is 11.8 Å². The van der Waals surface area contributed by atoms with Crippen molar-refractivity contribution in [2.24, 2.45) is 0 Å². The highest BCUT2D eigenvalue weighted by atomic mass is 16.3. The topological polar surface area (TPSA) is 43.7 Å². The molecule has 0 aromatic carbocycles. The van der Waals surface area contributed by atoms with Gasteiger partial charge in [-0.05, 0) is 19.4 Å². The summed E-state index contributed by atoms with van der Waals surface area (Å²) in [6.07, 6.45) is 1.58. The Kier molecular flexibility index (Phi) is 3.30. The Morgan fingerprint density at radius 3 is 2.82 bits per heavy atom. The quantitative estimate of drug-likeness (QED) is 0.600. The van der Waals surface area contributed by atoms with Gasteiger partial charge < -0.3 is 10.2 Å². The van der Waals surface area contributed by atoms with Gasteiger partial charge in [-0.3, -0.25) is 4.90 Å². The first-order valence-electron chi connectivity index (χ1n) is 4.32. The van der Waals surface area contributed by atoms with E-state index in [9.17, 15) is 5.11 Å². The van der Waals surface area contributed by atoms with Crippen molar-refractivity contribution in [3.63, 3.8) is 0 Å². The van der Waals surface area contributed by atoms with Gasteiger partial charge in [0.05, 0.1) is 18.8 Å². The maximum absolute atomic E-state index is 9.38. The van der Waals surface area contributed by atoms with E-state index in [4.69, 9.17) is 5.11 Å². The van der Waals surface area contributed by atoms with Crippen molar-refractivity contribution in [1.82, 2.24) is 4.90 Å². The molecule has 0 spiro atoms. The minimum Gasteiger partial charge on any atom is -0.395 e. The van der Waals surface area contributed by atoms with Gasteiger partial charge in [0.2, 0.25) is 0 Å². The Morgan fingerprint density at radius 1 is 1.55 bits per heavy atom. The molecular weight excluding hydrogens is 142 g/mol. The first kappa shape index (κ1) is 8.97. The monoisotopic (exact) mass is 159 g/mol. The fourth-order valence-corrected chi connectivity index (χ4v) is 1.70. The molecule has 0 saturated carbocycles. The van der Waals surface area contributed by atoms with Gasteiger partial charge in [0.25, 0.3) is 0 Å². The van der Waals surface area contributed by atoms with Crippen molar-refractivity contribution in [3.05, 3.63) is 0 Å². The first-order chi connectivity index (χ1) is 5.29. The zero-order valence-electron chi connectivity index (χ0n) is 7.03. The molecule has 1 aliphatic rings. The number of rotatable bonds is 3. The van der Waals surface area contributed by atoms with E-state index >= 15 is 0 Å². The largest absolute Gasteiger partial charge is 0.395 e. The predicted octanol–water partition coefficient (Wildman–Crippen LogP) is -0.176. The van der Waals surface area contributed by atoms with Crippen LogP contribution in [0.4, 0.5) is 0 Å². The van der Waals surface area contributed by atoms with Crippen molar-refractivity contribution in [3.8, 4) is 0 Å². The summed E-state index contributed by atoms with van der Waals surface area (Å²) in [6.45, 7) is 4.11. The molecule has 11 heavy (non-hydrogen) atoms. The van der Waals surface area contributed by atoms with Crippen LogP contribution in [0.2, 0.25) is 0 Å². The van der Waals surface area contributed by atoms with E-state index < -0.39 is 0 Å². The Bertz CT molecular complexity index is 117. The second kappa shape index (κ2) is 4.04. The molecule has 0 unspecified atom stereocenters. The van der Waals surface area contributed by atoms with Crippen LogP contribution < -0.4 is 0 Å². The molecular formula is C8H17NO2. The molecule has 1 aliphatic heterocycles. The maximum Gasteiger partial charge on any atom is 0.0729 e. The minimum atomic E-state index is -0.313. The number of hydrogen-bond acceptors (Lipinski definition) is 3. The number of hydrogen-bond donors (Lipinski definition) is 2.